The van der Waals surface area contributed by atoms with Gasteiger partial charge in [-0.2, -0.15) is 5.10 Å². The molecule has 14 heavy (non-hydrogen) atoms. The van der Waals surface area contributed by atoms with Crippen LogP contribution >= 0.6 is 0 Å². The van der Waals surface area contributed by atoms with Crippen molar-refractivity contribution in [1.82, 2.24) is 9.78 Å². The zero-order valence-electron chi connectivity index (χ0n) is 8.74. The van der Waals surface area contributed by atoms with Crippen molar-refractivity contribution >= 4 is 10.9 Å². The van der Waals surface area contributed by atoms with Crippen molar-refractivity contribution in [1.29, 1.82) is 0 Å². The van der Waals surface area contributed by atoms with Gasteiger partial charge in [-0.3, -0.25) is 4.68 Å². The highest BCUT2D eigenvalue weighted by molar-refractivity contribution is 5.82. The quantitative estimate of drug-likeness (QED) is 0.724. The molecule has 0 saturated heterocycles. The fraction of sp³-hybridized carbons (Fsp3) is 0.364. The number of aryl methyl sites for hydroxylation is 2. The number of rotatable bonds is 2. The molecule has 0 saturated carbocycles. The van der Waals surface area contributed by atoms with E-state index >= 15 is 0 Å². The lowest BCUT2D eigenvalue weighted by molar-refractivity contribution is 0.179. The third-order valence-electron chi connectivity index (χ3n) is 2.39. The van der Waals surface area contributed by atoms with Crippen LogP contribution in [0.5, 0.6) is 0 Å². The smallest absolute Gasteiger partial charge is 0.0929 e. The van der Waals surface area contributed by atoms with Gasteiger partial charge in [-0.25, -0.2) is 0 Å². The number of hydrogen-bond acceptors (Lipinski definition) is 2. The fourth-order valence-corrected chi connectivity index (χ4v) is 1.67. The SMILES string of the molecule is COCc1c2ccc(C)cc2nn1C. The molecule has 0 spiro atoms. The summed E-state index contributed by atoms with van der Waals surface area (Å²) in [7, 11) is 3.65. The maximum Gasteiger partial charge on any atom is 0.0929 e. The highest BCUT2D eigenvalue weighted by atomic mass is 16.5. The van der Waals surface area contributed by atoms with Crippen LogP contribution in [0.2, 0.25) is 0 Å². The first-order valence-electron chi connectivity index (χ1n) is 4.63. The summed E-state index contributed by atoms with van der Waals surface area (Å²) in [5.41, 5.74) is 3.40. The van der Waals surface area contributed by atoms with Crippen LogP contribution in [0.25, 0.3) is 10.9 Å². The molecule has 0 unspecified atom stereocenters. The Morgan fingerprint density at radius 1 is 1.43 bits per heavy atom. The first kappa shape index (κ1) is 9.21. The molecule has 0 amide bonds. The van der Waals surface area contributed by atoms with E-state index in [2.05, 4.69) is 30.2 Å². The second kappa shape index (κ2) is 3.42. The van der Waals surface area contributed by atoms with Crippen LogP contribution in [-0.4, -0.2) is 16.9 Å². The summed E-state index contributed by atoms with van der Waals surface area (Å²) in [6.07, 6.45) is 0. The number of hydrogen-bond donors (Lipinski definition) is 0. The monoisotopic (exact) mass is 190 g/mol. The molecule has 1 aromatic heterocycles. The van der Waals surface area contributed by atoms with E-state index in [-0.39, 0.29) is 0 Å². The average Bonchev–Trinajstić information content (AvgIpc) is 2.43. The summed E-state index contributed by atoms with van der Waals surface area (Å²) in [5, 5.41) is 5.61. The number of fused-ring (bicyclic) bond motifs is 1. The molecule has 0 aliphatic carbocycles. The van der Waals surface area contributed by atoms with E-state index in [1.54, 1.807) is 7.11 Å². The van der Waals surface area contributed by atoms with Crippen molar-refractivity contribution in [3.8, 4) is 0 Å². The number of methoxy groups -OCH3 is 1. The summed E-state index contributed by atoms with van der Waals surface area (Å²) in [6.45, 7) is 2.68. The first-order valence-corrected chi connectivity index (χ1v) is 4.63. The van der Waals surface area contributed by atoms with Gasteiger partial charge in [0.2, 0.25) is 0 Å². The predicted molar refractivity (Wildman–Crippen MR) is 56.2 cm³/mol. The zero-order valence-corrected chi connectivity index (χ0v) is 8.74. The maximum absolute atomic E-state index is 5.14. The van der Waals surface area contributed by atoms with Gasteiger partial charge in [0.05, 0.1) is 17.8 Å². The predicted octanol–water partition coefficient (Wildman–Crippen LogP) is 2.03. The van der Waals surface area contributed by atoms with Crippen LogP contribution in [-0.2, 0) is 18.4 Å². The molecule has 0 N–H and O–H groups in total. The van der Waals surface area contributed by atoms with E-state index in [1.165, 1.54) is 10.9 Å². The Morgan fingerprint density at radius 2 is 2.21 bits per heavy atom. The number of ether oxygens (including phenoxy) is 1. The molecule has 1 aromatic carbocycles. The van der Waals surface area contributed by atoms with Gasteiger partial charge in [-0.1, -0.05) is 12.1 Å². The third-order valence-corrected chi connectivity index (χ3v) is 2.39. The van der Waals surface area contributed by atoms with Gasteiger partial charge >= 0.3 is 0 Å². The Kier molecular flexibility index (Phi) is 2.25. The number of aromatic nitrogens is 2. The van der Waals surface area contributed by atoms with Crippen LogP contribution in [0, 0.1) is 6.92 Å². The molecule has 74 valence electrons. The van der Waals surface area contributed by atoms with Crippen molar-refractivity contribution in [3.63, 3.8) is 0 Å². The van der Waals surface area contributed by atoms with Crippen molar-refractivity contribution < 1.29 is 4.74 Å². The third kappa shape index (κ3) is 1.40. The molecule has 0 bridgehead atoms. The van der Waals surface area contributed by atoms with Gasteiger partial charge in [0, 0.05) is 19.5 Å². The summed E-state index contributed by atoms with van der Waals surface area (Å²) < 4.78 is 7.03. The van der Waals surface area contributed by atoms with Crippen molar-refractivity contribution in [2.75, 3.05) is 7.11 Å². The van der Waals surface area contributed by atoms with Gasteiger partial charge in [-0.05, 0) is 18.6 Å². The molecule has 2 aromatic rings. The summed E-state index contributed by atoms with van der Waals surface area (Å²) >= 11 is 0. The van der Waals surface area contributed by atoms with Crippen LogP contribution < -0.4 is 0 Å². The van der Waals surface area contributed by atoms with E-state index in [1.807, 2.05) is 11.7 Å². The molecule has 0 atom stereocenters. The molecule has 0 radical (unpaired) electrons. The summed E-state index contributed by atoms with van der Waals surface area (Å²) in [6, 6.07) is 6.30. The standard InChI is InChI=1S/C11H14N2O/c1-8-4-5-9-10(6-8)12-13(2)11(9)7-14-3/h4-6H,7H2,1-3H3. The van der Waals surface area contributed by atoms with Crippen molar-refractivity contribution in [2.45, 2.75) is 13.5 Å². The Hall–Kier alpha value is -1.35. The Labute approximate surface area is 83.3 Å². The second-order valence-corrected chi connectivity index (χ2v) is 3.52. The zero-order chi connectivity index (χ0) is 10.1. The first-order chi connectivity index (χ1) is 6.72. The molecule has 3 nitrogen and oxygen atoms in total. The Bertz CT molecular complexity index is 460. The largest absolute Gasteiger partial charge is 0.378 e. The Morgan fingerprint density at radius 3 is 2.93 bits per heavy atom. The van der Waals surface area contributed by atoms with E-state index in [0.717, 1.165) is 11.2 Å². The average molecular weight is 190 g/mol. The molecule has 0 aliphatic heterocycles. The lowest BCUT2D eigenvalue weighted by Crippen LogP contribution is -1.99. The minimum atomic E-state index is 0.607. The minimum Gasteiger partial charge on any atom is -0.378 e. The van der Waals surface area contributed by atoms with Gasteiger partial charge in [0.1, 0.15) is 0 Å². The minimum absolute atomic E-state index is 0.607. The highest BCUT2D eigenvalue weighted by Crippen LogP contribution is 2.19. The van der Waals surface area contributed by atoms with Gasteiger partial charge in [0.25, 0.3) is 0 Å². The number of benzene rings is 1. The lowest BCUT2D eigenvalue weighted by Gasteiger charge is -1.99. The molecular formula is C11H14N2O. The van der Waals surface area contributed by atoms with Crippen LogP contribution in [0.4, 0.5) is 0 Å². The topological polar surface area (TPSA) is 27.1 Å². The number of nitrogens with zero attached hydrogens (tertiary/aromatic N) is 2. The molecule has 2 rings (SSSR count). The van der Waals surface area contributed by atoms with Crippen LogP contribution in [0.15, 0.2) is 18.2 Å². The molecule has 1 heterocycles. The van der Waals surface area contributed by atoms with E-state index in [0.29, 0.717) is 6.61 Å². The molecule has 0 aliphatic rings. The van der Waals surface area contributed by atoms with Gasteiger partial charge < -0.3 is 4.74 Å². The van der Waals surface area contributed by atoms with Crippen LogP contribution in [0.3, 0.4) is 0 Å². The summed E-state index contributed by atoms with van der Waals surface area (Å²) in [4.78, 5) is 0. The normalized spacial score (nSPS) is 11.1. The molecular weight excluding hydrogens is 176 g/mol. The summed E-state index contributed by atoms with van der Waals surface area (Å²) in [5.74, 6) is 0. The lowest BCUT2D eigenvalue weighted by atomic mass is 10.1. The maximum atomic E-state index is 5.14. The highest BCUT2D eigenvalue weighted by Gasteiger charge is 2.07. The van der Waals surface area contributed by atoms with Crippen molar-refractivity contribution in [2.24, 2.45) is 7.05 Å². The second-order valence-electron chi connectivity index (χ2n) is 3.52. The van der Waals surface area contributed by atoms with Gasteiger partial charge in [0.15, 0.2) is 0 Å². The Balaban J connectivity index is 2.64. The van der Waals surface area contributed by atoms with Crippen LogP contribution in [0.1, 0.15) is 11.3 Å². The molecule has 3 heteroatoms. The molecule has 0 fully saturated rings. The van der Waals surface area contributed by atoms with Crippen molar-refractivity contribution in [3.05, 3.63) is 29.5 Å². The van der Waals surface area contributed by atoms with E-state index in [9.17, 15) is 0 Å². The van der Waals surface area contributed by atoms with E-state index in [4.69, 9.17) is 4.74 Å². The van der Waals surface area contributed by atoms with E-state index < -0.39 is 0 Å². The fourth-order valence-electron chi connectivity index (χ4n) is 1.67. The van der Waals surface area contributed by atoms with Gasteiger partial charge in [-0.15, -0.1) is 0 Å².